The Morgan fingerprint density at radius 1 is 0.506 bits per heavy atom. The Morgan fingerprint density at radius 3 is 1.42 bits per heavy atom. The fourth-order valence-electron chi connectivity index (χ4n) is 6.88. The van der Waals surface area contributed by atoms with Crippen molar-refractivity contribution < 1.29 is 65.8 Å². The number of hydrogen-bond donors (Lipinski definition) is 4. The number of hydrogen-bond acceptors (Lipinski definition) is 22. The molecule has 402 valence electrons. The topological polar surface area (TPSA) is 361 Å². The zero-order valence-corrected chi connectivity index (χ0v) is 44.8. The van der Waals surface area contributed by atoms with Crippen molar-refractivity contribution in [2.45, 2.75) is 45.9 Å². The van der Waals surface area contributed by atoms with Crippen LogP contribution in [0.5, 0.6) is 17.2 Å². The van der Waals surface area contributed by atoms with E-state index in [1.807, 2.05) is 100 Å². The van der Waals surface area contributed by atoms with E-state index >= 15 is 0 Å². The van der Waals surface area contributed by atoms with Crippen LogP contribution in [0.2, 0.25) is 0 Å². The average molecular weight is 1130 g/mol. The average Bonchev–Trinajstić information content (AvgIpc) is 3.36. The molecular weight excluding hydrogens is 1080 g/mol. The zero-order valence-electron chi connectivity index (χ0n) is 41.5. The summed E-state index contributed by atoms with van der Waals surface area (Å²) in [6, 6.07) is 32.9. The first-order valence-corrected chi connectivity index (χ1v) is 27.3. The SMILES string of the molecule is COc1ccc(Nc2ccc3c(O)c(N=Nc4cc(C)c(N=Nc5cc(C)c(N=Nc6cc(C)c(N=Nc7ccccc7S(=O)(=O)O)cc6OCCCS(=O)(=O)O)cc5C)cc4C)ccc3c2)cc1.O=S(=O)=O.O=S(=O)=O. The highest BCUT2D eigenvalue weighted by Gasteiger charge is 2.16. The van der Waals surface area contributed by atoms with Crippen LogP contribution in [0.3, 0.4) is 0 Å². The van der Waals surface area contributed by atoms with Crippen molar-refractivity contribution in [1.29, 1.82) is 0 Å². The highest BCUT2D eigenvalue weighted by molar-refractivity contribution is 7.86. The van der Waals surface area contributed by atoms with Gasteiger partial charge in [0.25, 0.3) is 20.2 Å². The van der Waals surface area contributed by atoms with Crippen LogP contribution in [0, 0.1) is 34.6 Å². The van der Waals surface area contributed by atoms with Crippen LogP contribution in [-0.2, 0) is 41.5 Å². The van der Waals surface area contributed by atoms with E-state index in [0.717, 1.165) is 44.8 Å². The number of methoxy groups -OCH3 is 1. The maximum absolute atomic E-state index is 11.9. The number of phenolic OH excluding ortho intramolecular Hbond substituents is 1. The minimum Gasteiger partial charge on any atom is -0.505 e. The molecule has 0 amide bonds. The summed E-state index contributed by atoms with van der Waals surface area (Å²) in [4.78, 5) is -0.424. The third-order valence-electron chi connectivity index (χ3n) is 10.7. The molecule has 77 heavy (non-hydrogen) atoms. The molecule has 7 aromatic rings. The summed E-state index contributed by atoms with van der Waals surface area (Å²) in [7, 11) is -13.4. The summed E-state index contributed by atoms with van der Waals surface area (Å²) in [5, 5.41) is 51.1. The molecule has 0 aromatic heterocycles. The van der Waals surface area contributed by atoms with Gasteiger partial charge in [0.2, 0.25) is 0 Å². The van der Waals surface area contributed by atoms with Crippen molar-refractivity contribution >= 4 is 109 Å². The van der Waals surface area contributed by atoms with Crippen LogP contribution >= 0.6 is 0 Å². The minimum atomic E-state index is -4.58. The number of rotatable bonds is 17. The number of fused-ring (bicyclic) bond motifs is 1. The van der Waals surface area contributed by atoms with E-state index in [-0.39, 0.29) is 41.6 Å². The molecule has 0 saturated heterocycles. The molecule has 0 radical (unpaired) electrons. The number of benzene rings is 7. The van der Waals surface area contributed by atoms with Crippen molar-refractivity contribution in [1.82, 2.24) is 0 Å². The lowest BCUT2D eigenvalue weighted by Gasteiger charge is -2.11. The van der Waals surface area contributed by atoms with Crippen molar-refractivity contribution in [3.8, 4) is 17.2 Å². The van der Waals surface area contributed by atoms with Gasteiger partial charge in [0, 0.05) is 22.8 Å². The summed E-state index contributed by atoms with van der Waals surface area (Å²) in [6.45, 7) is 9.10. The van der Waals surface area contributed by atoms with Gasteiger partial charge in [-0.3, -0.25) is 9.11 Å². The van der Waals surface area contributed by atoms with Crippen LogP contribution < -0.4 is 14.8 Å². The molecule has 28 heteroatoms. The number of aromatic hydroxyl groups is 1. The molecule has 0 bridgehead atoms. The Hall–Kier alpha value is -8.54. The molecule has 0 aliphatic carbocycles. The van der Waals surface area contributed by atoms with Crippen LogP contribution in [0.25, 0.3) is 10.8 Å². The molecule has 0 heterocycles. The Labute approximate surface area is 444 Å². The van der Waals surface area contributed by atoms with Crippen molar-refractivity contribution in [3.05, 3.63) is 143 Å². The number of aryl methyl sites for hydroxylation is 5. The van der Waals surface area contributed by atoms with Crippen molar-refractivity contribution in [3.63, 3.8) is 0 Å². The van der Waals surface area contributed by atoms with Crippen LogP contribution in [0.4, 0.5) is 56.9 Å². The van der Waals surface area contributed by atoms with Gasteiger partial charge < -0.3 is 19.9 Å². The molecule has 0 saturated carbocycles. The lowest BCUT2D eigenvalue weighted by molar-refractivity contribution is 0.317. The van der Waals surface area contributed by atoms with E-state index in [4.69, 9.17) is 34.7 Å². The molecule has 24 nitrogen and oxygen atoms in total. The van der Waals surface area contributed by atoms with E-state index in [1.54, 1.807) is 32.2 Å². The maximum Gasteiger partial charge on any atom is 0.425 e. The second kappa shape index (κ2) is 26.8. The van der Waals surface area contributed by atoms with Gasteiger partial charge in [0.05, 0.1) is 47.9 Å². The second-order valence-corrected chi connectivity index (χ2v) is 20.1. The molecule has 0 aliphatic heterocycles. The fraction of sp³-hybridized carbons (Fsp3) is 0.184. The number of anilines is 2. The number of azo groups is 4. The standard InChI is InChI=1S/C49H47N9O9S2.2O3S/c1-29-23-42(30(2)22-41(29)53-52-40-19-12-34-27-36(15-18-38(34)49(40)59)50-35-13-16-37(66-6)17-14-35)54-55-43-24-32(4)44(25-31(43)3)56-58-46-26-33(5)45(28-47(46)67-20-9-21-68(60,61)62)57-51-39-10-7-8-11-48(39)69(63,64)65;2*1-4(2)3/h7-8,10-19,22-28,50,59H,9,20-21H2,1-6H3,(H,60,61,62)(H,63,64,65);;. The lowest BCUT2D eigenvalue weighted by atomic mass is 10.1. The maximum atomic E-state index is 11.9. The van der Waals surface area contributed by atoms with E-state index in [2.05, 4.69) is 46.2 Å². The molecule has 0 aliphatic rings. The van der Waals surface area contributed by atoms with Gasteiger partial charge in [-0.2, -0.15) is 42.4 Å². The summed E-state index contributed by atoms with van der Waals surface area (Å²) in [5.74, 6) is 0.420. The highest BCUT2D eigenvalue weighted by atomic mass is 32.2. The third kappa shape index (κ3) is 18.1. The third-order valence-corrected chi connectivity index (χ3v) is 12.4. The monoisotopic (exact) mass is 1130 g/mol. The number of ether oxygens (including phenoxy) is 2. The van der Waals surface area contributed by atoms with E-state index in [9.17, 15) is 31.0 Å². The Balaban J connectivity index is 0.00000128. The molecule has 7 rings (SSSR count). The van der Waals surface area contributed by atoms with Crippen molar-refractivity contribution in [2.75, 3.05) is 24.8 Å². The minimum absolute atomic E-state index is 0.0188. The highest BCUT2D eigenvalue weighted by Crippen LogP contribution is 2.41. The van der Waals surface area contributed by atoms with Crippen LogP contribution in [0.1, 0.15) is 34.2 Å². The molecule has 4 N–H and O–H groups in total. The lowest BCUT2D eigenvalue weighted by Crippen LogP contribution is -2.08. The van der Waals surface area contributed by atoms with Crippen LogP contribution in [0.15, 0.2) is 161 Å². The quantitative estimate of drug-likeness (QED) is 0.0374. The van der Waals surface area contributed by atoms with Gasteiger partial charge >= 0.3 is 21.2 Å². The number of phenols is 1. The zero-order chi connectivity index (χ0) is 56.6. The first-order chi connectivity index (χ1) is 36.3. The molecule has 0 atom stereocenters. The summed E-state index contributed by atoms with van der Waals surface area (Å²) in [6.07, 6.45) is -0.0321. The predicted molar refractivity (Wildman–Crippen MR) is 284 cm³/mol. The first-order valence-electron chi connectivity index (χ1n) is 22.2. The Kier molecular flexibility index (Phi) is 20.6. The molecule has 0 fully saturated rings. The number of nitrogens with zero attached hydrogens (tertiary/aromatic N) is 8. The number of nitrogens with one attached hydrogen (secondary N) is 1. The van der Waals surface area contributed by atoms with Gasteiger partial charge in [0.15, 0.2) is 5.75 Å². The smallest absolute Gasteiger partial charge is 0.425 e. The van der Waals surface area contributed by atoms with E-state index in [0.29, 0.717) is 39.4 Å². The van der Waals surface area contributed by atoms with Crippen LogP contribution in [-0.4, -0.2) is 75.8 Å². The van der Waals surface area contributed by atoms with Crippen molar-refractivity contribution in [2.24, 2.45) is 40.9 Å². The summed E-state index contributed by atoms with van der Waals surface area (Å²) < 4.78 is 127. The fourth-order valence-corrected chi connectivity index (χ4v) is 7.99. The van der Waals surface area contributed by atoms with Gasteiger partial charge in [0.1, 0.15) is 33.5 Å². The van der Waals surface area contributed by atoms with E-state index in [1.165, 1.54) is 24.3 Å². The van der Waals surface area contributed by atoms with Gasteiger partial charge in [-0.15, -0.1) is 40.6 Å². The molecule has 7 aromatic carbocycles. The Morgan fingerprint density at radius 2 is 0.935 bits per heavy atom. The first kappa shape index (κ1) is 59.3. The summed E-state index contributed by atoms with van der Waals surface area (Å²) >= 11 is 0. The summed E-state index contributed by atoms with van der Waals surface area (Å²) in [5.41, 5.74) is 8.56. The second-order valence-electron chi connectivity index (χ2n) is 16.3. The van der Waals surface area contributed by atoms with Gasteiger partial charge in [-0.25, -0.2) is 0 Å². The predicted octanol–water partition coefficient (Wildman–Crippen LogP) is 12.4. The van der Waals surface area contributed by atoms with Gasteiger partial charge in [-0.1, -0.05) is 18.2 Å². The Bertz CT molecular complexity index is 3900. The molecule has 0 unspecified atom stereocenters. The largest absolute Gasteiger partial charge is 0.505 e. The normalized spacial score (nSPS) is 11.6. The molecule has 0 spiro atoms. The molecular formula is C49H47N9O15S4. The van der Waals surface area contributed by atoms with E-state index < -0.39 is 52.1 Å². The van der Waals surface area contributed by atoms with Gasteiger partial charge in [-0.05, 0) is 165 Å².